The van der Waals surface area contributed by atoms with Crippen LogP contribution in [0.3, 0.4) is 0 Å². The van der Waals surface area contributed by atoms with Crippen LogP contribution in [-0.4, -0.2) is 14.3 Å². The molecule has 0 radical (unpaired) electrons. The van der Waals surface area contributed by atoms with Gasteiger partial charge in [-0.1, -0.05) is 12.8 Å². The SMILES string of the molecule is N#Cc1ccc(S(=O)(=O)NC(=O)CC2CCCC2)c(C(F)(F)F)c1. The number of nitrogens with one attached hydrogen (secondary N) is 1. The highest BCUT2D eigenvalue weighted by Gasteiger charge is 2.38. The van der Waals surface area contributed by atoms with Crippen molar-refractivity contribution in [2.75, 3.05) is 0 Å². The molecular formula is C15H15F3N2O3S. The average Bonchev–Trinajstić information content (AvgIpc) is 2.97. The van der Waals surface area contributed by atoms with Crippen LogP contribution in [0.5, 0.6) is 0 Å². The van der Waals surface area contributed by atoms with Gasteiger partial charge in [0.1, 0.15) is 0 Å². The fourth-order valence-corrected chi connectivity index (χ4v) is 3.98. The van der Waals surface area contributed by atoms with E-state index >= 15 is 0 Å². The van der Waals surface area contributed by atoms with Gasteiger partial charge in [-0.3, -0.25) is 4.79 Å². The first-order valence-corrected chi connectivity index (χ1v) is 8.79. The van der Waals surface area contributed by atoms with Gasteiger partial charge in [0.25, 0.3) is 10.0 Å². The molecule has 5 nitrogen and oxygen atoms in total. The number of benzene rings is 1. The van der Waals surface area contributed by atoms with Gasteiger partial charge in [0, 0.05) is 6.42 Å². The summed E-state index contributed by atoms with van der Waals surface area (Å²) in [5, 5.41) is 8.69. The summed E-state index contributed by atoms with van der Waals surface area (Å²) < 4.78 is 65.3. The summed E-state index contributed by atoms with van der Waals surface area (Å²) in [5.41, 5.74) is -1.79. The molecule has 1 aromatic carbocycles. The van der Waals surface area contributed by atoms with Gasteiger partial charge in [0.05, 0.1) is 22.1 Å². The minimum absolute atomic E-state index is 0.0309. The Labute approximate surface area is 137 Å². The Kier molecular flexibility index (Phi) is 5.18. The van der Waals surface area contributed by atoms with Crippen LogP contribution in [0, 0.1) is 17.2 Å². The van der Waals surface area contributed by atoms with Gasteiger partial charge >= 0.3 is 6.18 Å². The predicted molar refractivity (Wildman–Crippen MR) is 78.1 cm³/mol. The topological polar surface area (TPSA) is 87.0 Å². The molecule has 24 heavy (non-hydrogen) atoms. The second-order valence-electron chi connectivity index (χ2n) is 5.70. The average molecular weight is 360 g/mol. The highest BCUT2D eigenvalue weighted by molar-refractivity contribution is 7.90. The highest BCUT2D eigenvalue weighted by Crippen LogP contribution is 2.35. The summed E-state index contributed by atoms with van der Waals surface area (Å²) in [6.07, 6.45) is -1.48. The van der Waals surface area contributed by atoms with Gasteiger partial charge in [-0.15, -0.1) is 0 Å². The Morgan fingerprint density at radius 1 is 1.29 bits per heavy atom. The highest BCUT2D eigenvalue weighted by atomic mass is 32.2. The van der Waals surface area contributed by atoms with Gasteiger partial charge in [-0.2, -0.15) is 18.4 Å². The predicted octanol–water partition coefficient (Wildman–Crippen LogP) is 2.96. The van der Waals surface area contributed by atoms with Crippen LogP contribution in [0.25, 0.3) is 0 Å². The van der Waals surface area contributed by atoms with Gasteiger partial charge < -0.3 is 0 Å². The molecule has 1 aromatic rings. The van der Waals surface area contributed by atoms with Crippen molar-refractivity contribution < 1.29 is 26.4 Å². The third-order valence-electron chi connectivity index (χ3n) is 3.90. The van der Waals surface area contributed by atoms with Crippen LogP contribution in [-0.2, 0) is 21.0 Å². The number of nitriles is 1. The first kappa shape index (κ1) is 18.3. The second kappa shape index (κ2) is 6.81. The minimum Gasteiger partial charge on any atom is -0.274 e. The molecule has 1 N–H and O–H groups in total. The summed E-state index contributed by atoms with van der Waals surface area (Å²) in [7, 11) is -4.67. The fraction of sp³-hybridized carbons (Fsp3) is 0.467. The molecule has 1 aliphatic carbocycles. The van der Waals surface area contributed by atoms with Crippen molar-refractivity contribution in [3.63, 3.8) is 0 Å². The molecule has 0 atom stereocenters. The monoisotopic (exact) mass is 360 g/mol. The Morgan fingerprint density at radius 3 is 2.46 bits per heavy atom. The van der Waals surface area contributed by atoms with Crippen molar-refractivity contribution in [3.05, 3.63) is 29.3 Å². The first-order valence-electron chi connectivity index (χ1n) is 7.30. The number of carbonyl (C=O) groups is 1. The molecule has 0 unspecified atom stereocenters. The van der Waals surface area contributed by atoms with Crippen molar-refractivity contribution in [3.8, 4) is 6.07 Å². The normalized spacial score (nSPS) is 15.9. The summed E-state index contributed by atoms with van der Waals surface area (Å²) in [4.78, 5) is 10.8. The van der Waals surface area contributed by atoms with Crippen molar-refractivity contribution >= 4 is 15.9 Å². The van der Waals surface area contributed by atoms with Crippen LogP contribution in [0.1, 0.15) is 43.2 Å². The molecule has 1 aliphatic rings. The van der Waals surface area contributed by atoms with Gasteiger partial charge in [-0.25, -0.2) is 13.1 Å². The van der Waals surface area contributed by atoms with Crippen molar-refractivity contribution in [1.29, 1.82) is 5.26 Å². The molecule has 0 saturated heterocycles. The summed E-state index contributed by atoms with van der Waals surface area (Å²) in [6.45, 7) is 0. The molecule has 9 heteroatoms. The number of amides is 1. The van der Waals surface area contributed by atoms with E-state index in [0.29, 0.717) is 12.1 Å². The first-order chi connectivity index (χ1) is 11.1. The Bertz CT molecular complexity index is 776. The number of hydrogen-bond donors (Lipinski definition) is 1. The van der Waals surface area contributed by atoms with Crippen LogP contribution in [0.15, 0.2) is 23.1 Å². The van der Waals surface area contributed by atoms with Gasteiger partial charge in [-0.05, 0) is 37.0 Å². The van der Waals surface area contributed by atoms with E-state index in [9.17, 15) is 26.4 Å². The summed E-state index contributed by atoms with van der Waals surface area (Å²) in [5.74, 6) is -0.761. The Balaban J connectivity index is 2.28. The second-order valence-corrected chi connectivity index (χ2v) is 7.35. The molecule has 0 heterocycles. The molecule has 0 aromatic heterocycles. The maximum Gasteiger partial charge on any atom is 0.417 e. The molecule has 1 fully saturated rings. The van der Waals surface area contributed by atoms with Crippen molar-refractivity contribution in [2.24, 2.45) is 5.92 Å². The number of nitrogens with zero attached hydrogens (tertiary/aromatic N) is 1. The third-order valence-corrected chi connectivity index (χ3v) is 5.33. The number of alkyl halides is 3. The molecular weight excluding hydrogens is 345 g/mol. The molecule has 0 aliphatic heterocycles. The zero-order valence-electron chi connectivity index (χ0n) is 12.6. The van der Waals surface area contributed by atoms with E-state index < -0.39 is 32.6 Å². The number of carbonyl (C=O) groups excluding carboxylic acids is 1. The zero-order chi connectivity index (χ0) is 18.0. The van der Waals surface area contributed by atoms with Crippen LogP contribution >= 0.6 is 0 Å². The maximum absolute atomic E-state index is 13.1. The smallest absolute Gasteiger partial charge is 0.274 e. The minimum atomic E-state index is -4.97. The van der Waals surface area contributed by atoms with Crippen LogP contribution in [0.2, 0.25) is 0 Å². The van der Waals surface area contributed by atoms with E-state index in [-0.39, 0.29) is 17.9 Å². The Morgan fingerprint density at radius 2 is 1.92 bits per heavy atom. The fourth-order valence-electron chi connectivity index (χ4n) is 2.78. The standard InChI is InChI=1S/C15H15F3N2O3S/c16-15(17,18)12-7-11(9-19)5-6-13(12)24(22,23)20-14(21)8-10-3-1-2-4-10/h5-7,10H,1-4,8H2,(H,20,21). The van der Waals surface area contributed by atoms with E-state index in [0.717, 1.165) is 31.7 Å². The maximum atomic E-state index is 13.1. The molecule has 0 spiro atoms. The number of hydrogen-bond acceptors (Lipinski definition) is 4. The van der Waals surface area contributed by atoms with E-state index in [1.54, 1.807) is 4.72 Å². The lowest BCUT2D eigenvalue weighted by atomic mass is 10.0. The van der Waals surface area contributed by atoms with Crippen molar-refractivity contribution in [2.45, 2.75) is 43.2 Å². The number of halogens is 3. The third kappa shape index (κ3) is 4.26. The number of rotatable bonds is 4. The van der Waals surface area contributed by atoms with E-state index in [4.69, 9.17) is 5.26 Å². The lowest BCUT2D eigenvalue weighted by Gasteiger charge is -2.15. The van der Waals surface area contributed by atoms with E-state index in [1.165, 1.54) is 6.07 Å². The lowest BCUT2D eigenvalue weighted by molar-refractivity contribution is -0.140. The van der Waals surface area contributed by atoms with Crippen LogP contribution < -0.4 is 4.72 Å². The molecule has 130 valence electrons. The molecule has 2 rings (SSSR count). The summed E-state index contributed by atoms with van der Waals surface area (Å²) in [6, 6.07) is 3.63. The quantitative estimate of drug-likeness (QED) is 0.894. The summed E-state index contributed by atoms with van der Waals surface area (Å²) >= 11 is 0. The molecule has 1 amide bonds. The Hall–Kier alpha value is -2.08. The molecule has 0 bridgehead atoms. The van der Waals surface area contributed by atoms with Gasteiger partial charge in [0.15, 0.2) is 0 Å². The van der Waals surface area contributed by atoms with E-state index in [1.807, 2.05) is 0 Å². The number of sulfonamides is 1. The van der Waals surface area contributed by atoms with Crippen molar-refractivity contribution in [1.82, 2.24) is 4.72 Å². The largest absolute Gasteiger partial charge is 0.417 e. The van der Waals surface area contributed by atoms with E-state index in [2.05, 4.69) is 0 Å². The zero-order valence-corrected chi connectivity index (χ0v) is 13.4. The van der Waals surface area contributed by atoms with Crippen LogP contribution in [0.4, 0.5) is 13.2 Å². The molecule has 1 saturated carbocycles. The van der Waals surface area contributed by atoms with Gasteiger partial charge in [0.2, 0.25) is 5.91 Å². The lowest BCUT2D eigenvalue weighted by Crippen LogP contribution is -2.33.